The maximum Gasteiger partial charge on any atom is 0.118 e. The minimum absolute atomic E-state index is 0.209. The Labute approximate surface area is 121 Å². The van der Waals surface area contributed by atoms with Crippen molar-refractivity contribution in [1.29, 1.82) is 0 Å². The summed E-state index contributed by atoms with van der Waals surface area (Å²) in [5.41, 5.74) is 9.87. The van der Waals surface area contributed by atoms with Gasteiger partial charge in [0.25, 0.3) is 0 Å². The van der Waals surface area contributed by atoms with Crippen molar-refractivity contribution in [2.75, 3.05) is 13.6 Å². The lowest BCUT2D eigenvalue weighted by Gasteiger charge is -2.28. The molecule has 2 N–H and O–H groups in total. The van der Waals surface area contributed by atoms with Crippen LogP contribution in [0.3, 0.4) is 0 Å². The van der Waals surface area contributed by atoms with Crippen LogP contribution in [-0.4, -0.2) is 18.5 Å². The first-order valence-electron chi connectivity index (χ1n) is 7.04. The van der Waals surface area contributed by atoms with Gasteiger partial charge in [0.1, 0.15) is 11.5 Å². The van der Waals surface area contributed by atoms with Gasteiger partial charge in [-0.3, -0.25) is 4.90 Å². The monoisotopic (exact) mass is 272 g/mol. The third-order valence-corrected chi connectivity index (χ3v) is 3.75. The van der Waals surface area contributed by atoms with E-state index in [9.17, 15) is 0 Å². The van der Waals surface area contributed by atoms with E-state index in [0.717, 1.165) is 18.1 Å². The Bertz CT molecular complexity index is 574. The summed E-state index contributed by atoms with van der Waals surface area (Å²) in [4.78, 5) is 2.25. The molecule has 3 heteroatoms. The molecule has 1 atom stereocenters. The van der Waals surface area contributed by atoms with Gasteiger partial charge in [-0.25, -0.2) is 0 Å². The van der Waals surface area contributed by atoms with Crippen molar-refractivity contribution in [3.8, 4) is 0 Å². The van der Waals surface area contributed by atoms with Crippen molar-refractivity contribution in [3.63, 3.8) is 0 Å². The molecule has 1 heterocycles. The molecule has 2 aromatic rings. The first-order valence-corrected chi connectivity index (χ1v) is 7.04. The second kappa shape index (κ2) is 6.25. The Balaban J connectivity index is 2.20. The summed E-state index contributed by atoms with van der Waals surface area (Å²) in [5, 5.41) is 0. The average molecular weight is 272 g/mol. The highest BCUT2D eigenvalue weighted by atomic mass is 16.3. The summed E-state index contributed by atoms with van der Waals surface area (Å²) in [5.74, 6) is 1.93. The van der Waals surface area contributed by atoms with Crippen LogP contribution in [0.15, 0.2) is 34.7 Å². The summed E-state index contributed by atoms with van der Waals surface area (Å²) in [7, 11) is 2.09. The maximum atomic E-state index is 6.01. The van der Waals surface area contributed by atoms with E-state index >= 15 is 0 Å². The lowest BCUT2D eigenvalue weighted by molar-refractivity contribution is 0.221. The number of hydrogen-bond acceptors (Lipinski definition) is 3. The molecular weight excluding hydrogens is 248 g/mol. The van der Waals surface area contributed by atoms with Gasteiger partial charge in [0, 0.05) is 12.6 Å². The topological polar surface area (TPSA) is 42.4 Å². The molecule has 0 saturated carbocycles. The van der Waals surface area contributed by atoms with Gasteiger partial charge in [0.15, 0.2) is 0 Å². The number of furan rings is 1. The molecule has 0 aliphatic heterocycles. The molecule has 1 aromatic heterocycles. The Hall–Kier alpha value is -1.58. The highest BCUT2D eigenvalue weighted by Gasteiger charge is 2.18. The number of likely N-dealkylation sites (N-methyl/N-ethyl adjacent to an activating group) is 1. The maximum absolute atomic E-state index is 6.01. The molecular formula is C17H24N2O. The van der Waals surface area contributed by atoms with Crippen LogP contribution in [0.25, 0.3) is 0 Å². The predicted octanol–water partition coefficient (Wildman–Crippen LogP) is 3.34. The normalized spacial score (nSPS) is 12.9. The Morgan fingerprint density at radius 1 is 1.15 bits per heavy atom. The third-order valence-electron chi connectivity index (χ3n) is 3.75. The first-order chi connectivity index (χ1) is 9.51. The van der Waals surface area contributed by atoms with E-state index in [-0.39, 0.29) is 6.04 Å². The number of benzene rings is 1. The van der Waals surface area contributed by atoms with Crippen LogP contribution < -0.4 is 5.73 Å². The highest BCUT2D eigenvalue weighted by molar-refractivity contribution is 5.33. The van der Waals surface area contributed by atoms with Crippen LogP contribution in [0, 0.1) is 20.8 Å². The summed E-state index contributed by atoms with van der Waals surface area (Å²) < 4.78 is 5.66. The van der Waals surface area contributed by atoms with E-state index in [4.69, 9.17) is 10.2 Å². The molecule has 0 spiro atoms. The summed E-state index contributed by atoms with van der Waals surface area (Å²) in [6, 6.07) is 10.8. The minimum atomic E-state index is 0.209. The zero-order valence-electron chi connectivity index (χ0n) is 12.8. The van der Waals surface area contributed by atoms with E-state index in [0.29, 0.717) is 6.54 Å². The van der Waals surface area contributed by atoms with Gasteiger partial charge in [-0.05, 0) is 51.1 Å². The van der Waals surface area contributed by atoms with Crippen LogP contribution in [0.1, 0.15) is 34.3 Å². The molecule has 20 heavy (non-hydrogen) atoms. The zero-order chi connectivity index (χ0) is 14.7. The summed E-state index contributed by atoms with van der Waals surface area (Å²) in [6.45, 7) is 7.59. The van der Waals surface area contributed by atoms with E-state index in [1.165, 1.54) is 16.7 Å². The van der Waals surface area contributed by atoms with Crippen molar-refractivity contribution in [1.82, 2.24) is 4.90 Å². The Morgan fingerprint density at radius 2 is 1.90 bits per heavy atom. The quantitative estimate of drug-likeness (QED) is 0.907. The van der Waals surface area contributed by atoms with Crippen molar-refractivity contribution in [2.45, 2.75) is 33.4 Å². The van der Waals surface area contributed by atoms with Gasteiger partial charge in [-0.2, -0.15) is 0 Å². The van der Waals surface area contributed by atoms with Gasteiger partial charge in [0.2, 0.25) is 0 Å². The Morgan fingerprint density at radius 3 is 2.50 bits per heavy atom. The van der Waals surface area contributed by atoms with E-state index in [1.807, 2.05) is 19.1 Å². The van der Waals surface area contributed by atoms with Gasteiger partial charge in [0.05, 0.1) is 6.54 Å². The number of rotatable bonds is 5. The fourth-order valence-electron chi connectivity index (χ4n) is 2.59. The van der Waals surface area contributed by atoms with E-state index < -0.39 is 0 Å². The molecule has 3 nitrogen and oxygen atoms in total. The molecule has 1 aromatic carbocycles. The SMILES string of the molecule is Cc1ccc(C)c(C(CN)N(C)Cc2ccc(C)o2)c1. The van der Waals surface area contributed by atoms with Gasteiger partial charge >= 0.3 is 0 Å². The number of nitrogens with zero attached hydrogens (tertiary/aromatic N) is 1. The molecule has 1 unspecified atom stereocenters. The smallest absolute Gasteiger partial charge is 0.118 e. The molecule has 0 bridgehead atoms. The zero-order valence-corrected chi connectivity index (χ0v) is 12.8. The molecule has 0 aliphatic rings. The van der Waals surface area contributed by atoms with Gasteiger partial charge in [-0.1, -0.05) is 23.8 Å². The summed E-state index contributed by atoms with van der Waals surface area (Å²) >= 11 is 0. The summed E-state index contributed by atoms with van der Waals surface area (Å²) in [6.07, 6.45) is 0. The van der Waals surface area contributed by atoms with Crippen LogP contribution in [0.5, 0.6) is 0 Å². The highest BCUT2D eigenvalue weighted by Crippen LogP contribution is 2.25. The van der Waals surface area contributed by atoms with Gasteiger partial charge < -0.3 is 10.2 Å². The first kappa shape index (κ1) is 14.8. The average Bonchev–Trinajstić information content (AvgIpc) is 2.80. The van der Waals surface area contributed by atoms with Crippen LogP contribution in [0.2, 0.25) is 0 Å². The van der Waals surface area contributed by atoms with Crippen molar-refractivity contribution >= 4 is 0 Å². The Kier molecular flexibility index (Phi) is 4.63. The van der Waals surface area contributed by atoms with Crippen LogP contribution >= 0.6 is 0 Å². The van der Waals surface area contributed by atoms with Crippen molar-refractivity contribution in [3.05, 3.63) is 58.5 Å². The molecule has 0 saturated heterocycles. The minimum Gasteiger partial charge on any atom is -0.465 e. The number of aryl methyl sites for hydroxylation is 3. The molecule has 0 aliphatic carbocycles. The van der Waals surface area contributed by atoms with Gasteiger partial charge in [-0.15, -0.1) is 0 Å². The van der Waals surface area contributed by atoms with E-state index in [2.05, 4.69) is 44.0 Å². The number of nitrogens with two attached hydrogens (primary N) is 1. The van der Waals surface area contributed by atoms with Crippen LogP contribution in [0.4, 0.5) is 0 Å². The number of hydrogen-bond donors (Lipinski definition) is 1. The standard InChI is InChI=1S/C17H24N2O/c1-12-5-6-13(2)16(9-12)17(10-18)19(4)11-15-8-7-14(3)20-15/h5-9,17H,10-11,18H2,1-4H3. The lowest BCUT2D eigenvalue weighted by atomic mass is 9.98. The fourth-order valence-corrected chi connectivity index (χ4v) is 2.59. The van der Waals surface area contributed by atoms with Crippen LogP contribution in [-0.2, 0) is 6.54 Å². The molecule has 0 radical (unpaired) electrons. The van der Waals surface area contributed by atoms with E-state index in [1.54, 1.807) is 0 Å². The van der Waals surface area contributed by atoms with Crippen molar-refractivity contribution < 1.29 is 4.42 Å². The lowest BCUT2D eigenvalue weighted by Crippen LogP contribution is -2.30. The largest absolute Gasteiger partial charge is 0.465 e. The molecule has 2 rings (SSSR count). The molecule has 108 valence electrons. The second-order valence-electron chi connectivity index (χ2n) is 5.54. The third kappa shape index (κ3) is 3.30. The fraction of sp³-hybridized carbons (Fsp3) is 0.412. The molecule has 0 fully saturated rings. The predicted molar refractivity (Wildman–Crippen MR) is 82.6 cm³/mol. The van der Waals surface area contributed by atoms with Crippen molar-refractivity contribution in [2.24, 2.45) is 5.73 Å². The second-order valence-corrected chi connectivity index (χ2v) is 5.54. The molecule has 0 amide bonds.